The van der Waals surface area contributed by atoms with E-state index in [0.717, 1.165) is 25.0 Å². The van der Waals surface area contributed by atoms with Gasteiger partial charge in [-0.25, -0.2) is 0 Å². The lowest BCUT2D eigenvalue weighted by Crippen LogP contribution is -2.34. The van der Waals surface area contributed by atoms with E-state index >= 15 is 0 Å². The van der Waals surface area contributed by atoms with E-state index in [4.69, 9.17) is 0 Å². The minimum absolute atomic E-state index is 0.585. The molecule has 0 aliphatic heterocycles. The molecule has 1 atom stereocenters. The molecule has 0 aromatic heterocycles. The van der Waals surface area contributed by atoms with Gasteiger partial charge in [-0.1, -0.05) is 38.1 Å². The molecule has 0 heterocycles. The Hall–Kier alpha value is -0.860. The highest BCUT2D eigenvalue weighted by molar-refractivity contribution is 5.25. The van der Waals surface area contributed by atoms with E-state index in [0.29, 0.717) is 5.92 Å². The Morgan fingerprint density at radius 1 is 1.14 bits per heavy atom. The van der Waals surface area contributed by atoms with Gasteiger partial charge >= 0.3 is 0 Å². The van der Waals surface area contributed by atoms with Gasteiger partial charge in [-0.05, 0) is 62.7 Å². The van der Waals surface area contributed by atoms with Crippen molar-refractivity contribution in [2.24, 2.45) is 5.92 Å². The SMILES string of the molecule is CNCC(C)c1ccc(CN(C)C2CCC(C)CC2)cc1. The van der Waals surface area contributed by atoms with Crippen LogP contribution in [0.1, 0.15) is 56.6 Å². The number of benzene rings is 1. The predicted molar refractivity (Wildman–Crippen MR) is 91.7 cm³/mol. The normalized spacial score (nSPS) is 24.2. The Kier molecular flexibility index (Phi) is 6.25. The molecule has 2 heteroatoms. The molecule has 1 aliphatic carbocycles. The Bertz CT molecular complexity index is 404. The van der Waals surface area contributed by atoms with Crippen molar-refractivity contribution in [1.82, 2.24) is 10.2 Å². The van der Waals surface area contributed by atoms with E-state index < -0.39 is 0 Å². The second-order valence-corrected chi connectivity index (χ2v) is 7.03. The highest BCUT2D eigenvalue weighted by Gasteiger charge is 2.21. The number of hydrogen-bond acceptors (Lipinski definition) is 2. The minimum Gasteiger partial charge on any atom is -0.319 e. The Morgan fingerprint density at radius 3 is 2.33 bits per heavy atom. The first-order chi connectivity index (χ1) is 10.1. The fraction of sp³-hybridized carbons (Fsp3) is 0.684. The van der Waals surface area contributed by atoms with E-state index in [2.05, 4.69) is 55.4 Å². The van der Waals surface area contributed by atoms with Crippen LogP contribution in [0.15, 0.2) is 24.3 Å². The third-order valence-corrected chi connectivity index (χ3v) is 5.10. The van der Waals surface area contributed by atoms with Gasteiger partial charge < -0.3 is 5.32 Å². The van der Waals surface area contributed by atoms with E-state index in [1.54, 1.807) is 0 Å². The first-order valence-corrected chi connectivity index (χ1v) is 8.53. The fourth-order valence-electron chi connectivity index (χ4n) is 3.48. The van der Waals surface area contributed by atoms with E-state index in [-0.39, 0.29) is 0 Å². The maximum atomic E-state index is 3.25. The van der Waals surface area contributed by atoms with Crippen LogP contribution in [0, 0.1) is 5.92 Å². The van der Waals surface area contributed by atoms with Crippen molar-refractivity contribution in [2.45, 2.75) is 58.0 Å². The van der Waals surface area contributed by atoms with Gasteiger partial charge in [0.15, 0.2) is 0 Å². The molecule has 0 radical (unpaired) electrons. The molecule has 21 heavy (non-hydrogen) atoms. The lowest BCUT2D eigenvalue weighted by atomic mass is 9.86. The summed E-state index contributed by atoms with van der Waals surface area (Å²) in [6, 6.07) is 10.00. The summed E-state index contributed by atoms with van der Waals surface area (Å²) in [5, 5.41) is 3.25. The summed E-state index contributed by atoms with van der Waals surface area (Å²) >= 11 is 0. The number of rotatable bonds is 6. The first kappa shape index (κ1) is 16.5. The molecule has 1 unspecified atom stereocenters. The van der Waals surface area contributed by atoms with Crippen LogP contribution in [0.5, 0.6) is 0 Å². The second-order valence-electron chi connectivity index (χ2n) is 7.03. The van der Waals surface area contributed by atoms with Crippen molar-refractivity contribution in [3.05, 3.63) is 35.4 Å². The monoisotopic (exact) mass is 288 g/mol. The first-order valence-electron chi connectivity index (χ1n) is 8.53. The van der Waals surface area contributed by atoms with Crippen LogP contribution in [0.2, 0.25) is 0 Å². The van der Waals surface area contributed by atoms with Gasteiger partial charge in [0.1, 0.15) is 0 Å². The smallest absolute Gasteiger partial charge is 0.0233 e. The Balaban J connectivity index is 1.87. The molecule has 118 valence electrons. The van der Waals surface area contributed by atoms with Gasteiger partial charge in [-0.2, -0.15) is 0 Å². The van der Waals surface area contributed by atoms with E-state index in [1.165, 1.54) is 36.8 Å². The number of nitrogens with zero attached hydrogens (tertiary/aromatic N) is 1. The minimum atomic E-state index is 0.585. The average molecular weight is 288 g/mol. The van der Waals surface area contributed by atoms with E-state index in [1.807, 2.05) is 7.05 Å². The van der Waals surface area contributed by atoms with Gasteiger partial charge in [0.05, 0.1) is 0 Å². The van der Waals surface area contributed by atoms with Crippen LogP contribution in [0.4, 0.5) is 0 Å². The highest BCUT2D eigenvalue weighted by atomic mass is 15.1. The summed E-state index contributed by atoms with van der Waals surface area (Å²) in [4.78, 5) is 2.55. The molecule has 1 fully saturated rings. The average Bonchev–Trinajstić information content (AvgIpc) is 2.49. The van der Waals surface area contributed by atoms with Gasteiger partial charge in [-0.3, -0.25) is 4.90 Å². The number of nitrogens with one attached hydrogen (secondary N) is 1. The zero-order valence-electron chi connectivity index (χ0n) is 14.2. The summed E-state index contributed by atoms with van der Waals surface area (Å²) in [5.74, 6) is 1.52. The number of hydrogen-bond donors (Lipinski definition) is 1. The van der Waals surface area contributed by atoms with Crippen molar-refractivity contribution < 1.29 is 0 Å². The molecule has 2 nitrogen and oxygen atoms in total. The van der Waals surface area contributed by atoms with Crippen LogP contribution in [0.25, 0.3) is 0 Å². The topological polar surface area (TPSA) is 15.3 Å². The van der Waals surface area contributed by atoms with Crippen molar-refractivity contribution in [1.29, 1.82) is 0 Å². The molecule has 1 saturated carbocycles. The Morgan fingerprint density at radius 2 is 1.76 bits per heavy atom. The maximum Gasteiger partial charge on any atom is 0.0233 e. The molecule has 0 bridgehead atoms. The van der Waals surface area contributed by atoms with Crippen molar-refractivity contribution >= 4 is 0 Å². The van der Waals surface area contributed by atoms with Gasteiger partial charge in [0, 0.05) is 19.1 Å². The molecule has 0 saturated heterocycles. The van der Waals surface area contributed by atoms with Crippen LogP contribution >= 0.6 is 0 Å². The molecule has 1 aromatic carbocycles. The summed E-state index contributed by atoms with van der Waals surface area (Å²) in [6.07, 6.45) is 5.54. The summed E-state index contributed by atoms with van der Waals surface area (Å²) in [7, 11) is 4.31. The van der Waals surface area contributed by atoms with Gasteiger partial charge in [-0.15, -0.1) is 0 Å². The largest absolute Gasteiger partial charge is 0.319 e. The zero-order chi connectivity index (χ0) is 15.2. The molecule has 2 rings (SSSR count). The second kappa shape index (κ2) is 7.95. The quantitative estimate of drug-likeness (QED) is 0.850. The van der Waals surface area contributed by atoms with Crippen molar-refractivity contribution in [2.75, 3.05) is 20.6 Å². The molecular formula is C19H32N2. The highest BCUT2D eigenvalue weighted by Crippen LogP contribution is 2.27. The summed E-state index contributed by atoms with van der Waals surface area (Å²) < 4.78 is 0. The summed E-state index contributed by atoms with van der Waals surface area (Å²) in [6.45, 7) is 6.79. The fourth-order valence-corrected chi connectivity index (χ4v) is 3.48. The van der Waals surface area contributed by atoms with Crippen molar-refractivity contribution in [3.63, 3.8) is 0 Å². The van der Waals surface area contributed by atoms with Crippen LogP contribution in [-0.2, 0) is 6.54 Å². The Labute approximate surface area is 130 Å². The third kappa shape index (κ3) is 4.82. The third-order valence-electron chi connectivity index (χ3n) is 5.10. The van der Waals surface area contributed by atoms with Crippen LogP contribution in [-0.4, -0.2) is 31.6 Å². The van der Waals surface area contributed by atoms with Gasteiger partial charge in [0.25, 0.3) is 0 Å². The van der Waals surface area contributed by atoms with Crippen molar-refractivity contribution in [3.8, 4) is 0 Å². The molecule has 0 amide bonds. The number of likely N-dealkylation sites (N-methyl/N-ethyl adjacent to an activating group) is 1. The molecular weight excluding hydrogens is 256 g/mol. The van der Waals surface area contributed by atoms with E-state index in [9.17, 15) is 0 Å². The molecule has 0 spiro atoms. The molecule has 1 N–H and O–H groups in total. The molecule has 1 aromatic rings. The molecule has 1 aliphatic rings. The van der Waals surface area contributed by atoms with Crippen LogP contribution in [0.3, 0.4) is 0 Å². The zero-order valence-corrected chi connectivity index (χ0v) is 14.2. The predicted octanol–water partition coefficient (Wildman–Crippen LogP) is 4.02. The van der Waals surface area contributed by atoms with Crippen LogP contribution < -0.4 is 5.32 Å². The standard InChI is InChI=1S/C19H32N2/c1-15-5-11-19(12-6-15)21(4)14-17-7-9-18(10-8-17)16(2)13-20-3/h7-10,15-16,19-20H,5-6,11-14H2,1-4H3. The lowest BCUT2D eigenvalue weighted by Gasteiger charge is -2.33. The summed E-state index contributed by atoms with van der Waals surface area (Å²) in [5.41, 5.74) is 2.87. The van der Waals surface area contributed by atoms with Gasteiger partial charge in [0.2, 0.25) is 0 Å². The maximum absolute atomic E-state index is 3.25. The lowest BCUT2D eigenvalue weighted by molar-refractivity contribution is 0.164.